The van der Waals surface area contributed by atoms with Gasteiger partial charge in [-0.3, -0.25) is 0 Å². The summed E-state index contributed by atoms with van der Waals surface area (Å²) in [6.45, 7) is 28.4. The maximum absolute atomic E-state index is 2.65. The van der Waals surface area contributed by atoms with Gasteiger partial charge in [0.1, 0.15) is 0 Å². The van der Waals surface area contributed by atoms with Crippen molar-refractivity contribution in [1.82, 2.24) is 0 Å². The minimum Gasteiger partial charge on any atom is -0.0954 e. The van der Waals surface area contributed by atoms with Crippen LogP contribution in [0.3, 0.4) is 0 Å². The Hall–Kier alpha value is 0.860. The van der Waals surface area contributed by atoms with Crippen LogP contribution in [-0.2, 0) is 0 Å². The highest BCUT2D eigenvalue weighted by Gasteiger charge is 2.56. The second-order valence-corrected chi connectivity index (χ2v) is 24.2. The van der Waals surface area contributed by atoms with E-state index >= 15 is 0 Å². The van der Waals surface area contributed by atoms with Gasteiger partial charge in [-0.15, -0.1) is 0 Å². The fraction of sp³-hybridized carbons (Fsp3) is 1.00. The standard InChI is InChI=1S/C32H60P2/c1-22-12-27(20-33(29(3,4)5)30(6,7)8)28(13-23(22)2)21-34(31(9,10)11)32-17-24-14-25(18-32)16-26(15-24)19-32/h22-28H,12-21H2,1-11H3. The first-order valence-electron chi connectivity index (χ1n) is 15.0. The molecule has 5 saturated carbocycles. The normalized spacial score (nSPS) is 41.8. The van der Waals surface area contributed by atoms with Crippen LogP contribution in [-0.4, -0.2) is 32.9 Å². The van der Waals surface area contributed by atoms with Gasteiger partial charge in [0.2, 0.25) is 0 Å². The Morgan fingerprint density at radius 1 is 0.559 bits per heavy atom. The zero-order chi connectivity index (χ0) is 25.3. The van der Waals surface area contributed by atoms with Crippen LogP contribution < -0.4 is 0 Å². The zero-order valence-corrected chi connectivity index (χ0v) is 26.8. The molecule has 0 N–H and O–H groups in total. The molecule has 0 spiro atoms. The van der Waals surface area contributed by atoms with Crippen molar-refractivity contribution in [2.24, 2.45) is 41.4 Å². The molecule has 5 atom stereocenters. The maximum Gasteiger partial charge on any atom is -0.00817 e. The fourth-order valence-electron chi connectivity index (χ4n) is 9.85. The Bertz CT molecular complexity index is 653. The Morgan fingerprint density at radius 3 is 1.29 bits per heavy atom. The molecule has 0 aromatic carbocycles. The predicted octanol–water partition coefficient (Wildman–Crippen LogP) is 10.6. The van der Waals surface area contributed by atoms with E-state index in [-0.39, 0.29) is 15.8 Å². The first-order valence-corrected chi connectivity index (χ1v) is 18.1. The summed E-state index contributed by atoms with van der Waals surface area (Å²) < 4.78 is 0. The van der Waals surface area contributed by atoms with Crippen molar-refractivity contribution < 1.29 is 0 Å². The third kappa shape index (κ3) is 5.80. The van der Waals surface area contributed by atoms with Crippen molar-refractivity contribution in [3.05, 3.63) is 0 Å². The molecule has 5 fully saturated rings. The second-order valence-electron chi connectivity index (χ2n) is 16.8. The Kier molecular flexibility index (Phi) is 7.84. The van der Waals surface area contributed by atoms with E-state index in [9.17, 15) is 0 Å². The van der Waals surface area contributed by atoms with Crippen LogP contribution in [0.1, 0.15) is 128 Å². The van der Waals surface area contributed by atoms with Crippen LogP contribution in [0.4, 0.5) is 0 Å². The van der Waals surface area contributed by atoms with Gasteiger partial charge < -0.3 is 0 Å². The first-order chi connectivity index (χ1) is 15.5. The van der Waals surface area contributed by atoms with Gasteiger partial charge in [0.05, 0.1) is 0 Å². The van der Waals surface area contributed by atoms with Crippen molar-refractivity contribution in [3.8, 4) is 0 Å². The van der Waals surface area contributed by atoms with E-state index in [2.05, 4.69) is 76.2 Å². The van der Waals surface area contributed by atoms with E-state index in [1.807, 2.05) is 0 Å². The Balaban J connectivity index is 1.61. The average Bonchev–Trinajstić information content (AvgIpc) is 2.63. The summed E-state index contributed by atoms with van der Waals surface area (Å²) in [5, 5.41) is 2.17. The molecule has 0 heterocycles. The van der Waals surface area contributed by atoms with Gasteiger partial charge in [0.15, 0.2) is 0 Å². The van der Waals surface area contributed by atoms with Crippen molar-refractivity contribution in [2.45, 2.75) is 148 Å². The third-order valence-electron chi connectivity index (χ3n) is 10.8. The minimum atomic E-state index is 0.00152. The lowest BCUT2D eigenvalue weighted by molar-refractivity contribution is 0.0342. The summed E-state index contributed by atoms with van der Waals surface area (Å²) in [6, 6.07) is 0. The molecule has 0 aromatic heterocycles. The SMILES string of the molecule is CC1CC(CP(C(C)(C)C)C(C)(C)C)C(CP(C(C)(C)C)C23CC4CC(CC(C4)C2)C3)CC1C. The van der Waals surface area contributed by atoms with Gasteiger partial charge in [-0.25, -0.2) is 0 Å². The largest absolute Gasteiger partial charge is 0.0954 e. The second kappa shape index (κ2) is 9.55. The summed E-state index contributed by atoms with van der Waals surface area (Å²) >= 11 is 0. The molecule has 0 saturated heterocycles. The molecular formula is C32H60P2. The molecule has 34 heavy (non-hydrogen) atoms. The smallest absolute Gasteiger partial charge is 0.00817 e. The Labute approximate surface area is 217 Å². The molecule has 4 bridgehead atoms. The highest BCUT2D eigenvalue weighted by molar-refractivity contribution is 7.61. The molecule has 5 aliphatic carbocycles. The lowest BCUT2D eigenvalue weighted by Crippen LogP contribution is -2.52. The molecule has 5 aliphatic rings. The number of hydrogen-bond acceptors (Lipinski definition) is 0. The van der Waals surface area contributed by atoms with Crippen LogP contribution in [0, 0.1) is 41.4 Å². The molecule has 5 unspecified atom stereocenters. The molecule has 0 radical (unpaired) electrons. The summed E-state index contributed by atoms with van der Waals surface area (Å²) in [4.78, 5) is 0. The van der Waals surface area contributed by atoms with Gasteiger partial charge in [-0.05, 0) is 126 Å². The highest BCUT2D eigenvalue weighted by atomic mass is 31.1. The molecule has 5 rings (SSSR count). The van der Waals surface area contributed by atoms with Gasteiger partial charge in [0, 0.05) is 0 Å². The summed E-state index contributed by atoms with van der Waals surface area (Å²) in [5.41, 5.74) is 0. The molecule has 0 aliphatic heterocycles. The highest BCUT2D eigenvalue weighted by Crippen LogP contribution is 2.74. The van der Waals surface area contributed by atoms with Crippen LogP contribution in [0.2, 0.25) is 0 Å². The van der Waals surface area contributed by atoms with E-state index in [4.69, 9.17) is 0 Å². The monoisotopic (exact) mass is 506 g/mol. The topological polar surface area (TPSA) is 0 Å². The van der Waals surface area contributed by atoms with Crippen molar-refractivity contribution in [2.75, 3.05) is 12.3 Å². The molecule has 0 amide bonds. The summed E-state index contributed by atoms with van der Waals surface area (Å²) in [5.74, 6) is 7.07. The van der Waals surface area contributed by atoms with Crippen LogP contribution in [0.5, 0.6) is 0 Å². The Morgan fingerprint density at radius 2 is 0.941 bits per heavy atom. The number of hydrogen-bond donors (Lipinski definition) is 0. The molecule has 0 nitrogen and oxygen atoms in total. The van der Waals surface area contributed by atoms with E-state index in [1.165, 1.54) is 19.0 Å². The zero-order valence-electron chi connectivity index (χ0n) is 25.0. The van der Waals surface area contributed by atoms with Crippen molar-refractivity contribution >= 4 is 15.8 Å². The van der Waals surface area contributed by atoms with E-state index in [0.29, 0.717) is 15.5 Å². The molecule has 0 aromatic rings. The van der Waals surface area contributed by atoms with E-state index in [0.717, 1.165) is 46.6 Å². The average molecular weight is 507 g/mol. The summed E-state index contributed by atoms with van der Waals surface area (Å²) in [7, 11) is 0.0689. The minimum absolute atomic E-state index is 0.00152. The maximum atomic E-state index is 2.65. The van der Waals surface area contributed by atoms with Gasteiger partial charge >= 0.3 is 0 Å². The predicted molar refractivity (Wildman–Crippen MR) is 158 cm³/mol. The lowest BCUT2D eigenvalue weighted by atomic mass is 9.56. The van der Waals surface area contributed by atoms with Crippen LogP contribution >= 0.6 is 15.8 Å². The molecular weight excluding hydrogens is 446 g/mol. The quantitative estimate of drug-likeness (QED) is 0.325. The van der Waals surface area contributed by atoms with E-state index < -0.39 is 0 Å². The van der Waals surface area contributed by atoms with Crippen LogP contribution in [0.25, 0.3) is 0 Å². The third-order valence-corrected chi connectivity index (χ3v) is 19.0. The first kappa shape index (κ1) is 27.9. The van der Waals surface area contributed by atoms with Crippen molar-refractivity contribution in [1.29, 1.82) is 0 Å². The van der Waals surface area contributed by atoms with Gasteiger partial charge in [0.25, 0.3) is 0 Å². The number of rotatable bonds is 5. The fourth-order valence-corrected chi connectivity index (χ4v) is 18.6. The van der Waals surface area contributed by atoms with Gasteiger partial charge in [-0.1, -0.05) is 92.0 Å². The summed E-state index contributed by atoms with van der Waals surface area (Å²) in [6.07, 6.45) is 15.8. The van der Waals surface area contributed by atoms with Crippen molar-refractivity contribution in [3.63, 3.8) is 0 Å². The van der Waals surface area contributed by atoms with Crippen LogP contribution in [0.15, 0.2) is 0 Å². The van der Waals surface area contributed by atoms with E-state index in [1.54, 1.807) is 44.7 Å². The van der Waals surface area contributed by atoms with Gasteiger partial charge in [-0.2, -0.15) is 0 Å². The lowest BCUT2D eigenvalue weighted by Gasteiger charge is -2.63. The molecule has 198 valence electrons. The molecule has 2 heteroatoms.